The molecule has 204 valence electrons. The van der Waals surface area contributed by atoms with Gasteiger partial charge in [-0.1, -0.05) is 57.0 Å². The Morgan fingerprint density at radius 3 is 2.55 bits per heavy atom. The highest BCUT2D eigenvalue weighted by Gasteiger charge is 2.28. The van der Waals surface area contributed by atoms with E-state index in [0.717, 1.165) is 51.4 Å². The summed E-state index contributed by atoms with van der Waals surface area (Å²) >= 11 is 6.28. The van der Waals surface area contributed by atoms with Gasteiger partial charge >= 0.3 is 6.03 Å². The lowest BCUT2D eigenvalue weighted by Gasteiger charge is -2.33. The number of rotatable bonds is 10. The number of carbonyl (C=O) groups excluding carboxylic acids is 1. The summed E-state index contributed by atoms with van der Waals surface area (Å²) in [5, 5.41) is 4.27. The summed E-state index contributed by atoms with van der Waals surface area (Å²) in [5.74, 6) is 1.20. The molecule has 0 spiro atoms. The van der Waals surface area contributed by atoms with Crippen LogP contribution >= 0.6 is 11.6 Å². The van der Waals surface area contributed by atoms with E-state index in [-0.39, 0.29) is 17.6 Å². The minimum absolute atomic E-state index is 0.0948. The second-order valence-electron chi connectivity index (χ2n) is 10.2. The Bertz CT molecular complexity index is 1290. The number of urea groups is 1. The van der Waals surface area contributed by atoms with Crippen LogP contribution in [0.5, 0.6) is 5.75 Å². The molecule has 8 heteroatoms. The van der Waals surface area contributed by atoms with E-state index >= 15 is 0 Å². The molecule has 2 aromatic carbocycles. The predicted molar refractivity (Wildman–Crippen MR) is 154 cm³/mol. The van der Waals surface area contributed by atoms with Crippen molar-refractivity contribution in [3.8, 4) is 11.4 Å². The maximum absolute atomic E-state index is 13.9. The molecule has 1 heterocycles. The molecule has 0 bridgehead atoms. The third-order valence-electron chi connectivity index (χ3n) is 7.48. The molecule has 4 rings (SSSR count). The number of halogens is 1. The highest BCUT2D eigenvalue weighted by molar-refractivity contribution is 6.31. The Labute approximate surface area is 230 Å². The third-order valence-corrected chi connectivity index (χ3v) is 7.71. The number of hydrogen-bond acceptors (Lipinski definition) is 4. The van der Waals surface area contributed by atoms with Gasteiger partial charge in [0.2, 0.25) is 0 Å². The lowest BCUT2D eigenvalue weighted by Crippen LogP contribution is -2.47. The summed E-state index contributed by atoms with van der Waals surface area (Å²) in [6, 6.07) is 12.1. The van der Waals surface area contributed by atoms with Gasteiger partial charge in [-0.25, -0.2) is 9.78 Å². The fourth-order valence-electron chi connectivity index (χ4n) is 5.26. The zero-order valence-corrected chi connectivity index (χ0v) is 23.5. The number of carbonyl (C=O) groups is 1. The van der Waals surface area contributed by atoms with Gasteiger partial charge in [0, 0.05) is 17.6 Å². The monoisotopic (exact) mass is 538 g/mol. The molecule has 1 aliphatic rings. The minimum atomic E-state index is -0.446. The quantitative estimate of drug-likeness (QED) is 0.281. The fraction of sp³-hybridized carbons (Fsp3) is 0.500. The van der Waals surface area contributed by atoms with Gasteiger partial charge in [0.1, 0.15) is 11.6 Å². The van der Waals surface area contributed by atoms with E-state index < -0.39 is 6.04 Å². The van der Waals surface area contributed by atoms with Crippen LogP contribution in [0.4, 0.5) is 4.79 Å². The van der Waals surface area contributed by atoms with Crippen molar-refractivity contribution < 1.29 is 9.53 Å². The number of hydrogen-bond donors (Lipinski definition) is 1. The van der Waals surface area contributed by atoms with Crippen molar-refractivity contribution in [2.45, 2.75) is 83.7 Å². The lowest BCUT2D eigenvalue weighted by molar-refractivity contribution is 0.167. The zero-order valence-electron chi connectivity index (χ0n) is 22.7. The van der Waals surface area contributed by atoms with Crippen molar-refractivity contribution in [3.05, 3.63) is 63.7 Å². The van der Waals surface area contributed by atoms with Crippen LogP contribution in [0.15, 0.2) is 47.3 Å². The molecule has 1 unspecified atom stereocenters. The van der Waals surface area contributed by atoms with Gasteiger partial charge in [0.05, 0.1) is 29.7 Å². The fourth-order valence-corrected chi connectivity index (χ4v) is 5.43. The Kier molecular flexibility index (Phi) is 9.67. The van der Waals surface area contributed by atoms with Crippen molar-refractivity contribution in [2.75, 3.05) is 13.7 Å². The van der Waals surface area contributed by atoms with Crippen molar-refractivity contribution in [3.63, 3.8) is 0 Å². The van der Waals surface area contributed by atoms with E-state index in [1.165, 1.54) is 6.42 Å². The number of nitrogens with zero attached hydrogens (tertiary/aromatic N) is 3. The Morgan fingerprint density at radius 1 is 1.13 bits per heavy atom. The van der Waals surface area contributed by atoms with Gasteiger partial charge in [0.25, 0.3) is 5.56 Å². The first-order valence-electron chi connectivity index (χ1n) is 13.9. The molecule has 38 heavy (non-hydrogen) atoms. The average molecular weight is 539 g/mol. The van der Waals surface area contributed by atoms with E-state index in [1.807, 2.05) is 36.1 Å². The summed E-state index contributed by atoms with van der Waals surface area (Å²) < 4.78 is 6.94. The number of unbranched alkanes of at least 4 members (excludes halogenated alkanes) is 3. The van der Waals surface area contributed by atoms with Crippen LogP contribution in [0.25, 0.3) is 16.6 Å². The molecule has 1 fully saturated rings. The summed E-state index contributed by atoms with van der Waals surface area (Å²) in [6.45, 7) is 4.72. The summed E-state index contributed by atoms with van der Waals surface area (Å²) in [7, 11) is 1.61. The first-order valence-corrected chi connectivity index (χ1v) is 14.2. The Hall–Kier alpha value is -3.06. The second-order valence-corrected chi connectivity index (χ2v) is 10.6. The van der Waals surface area contributed by atoms with Crippen LogP contribution < -0.4 is 15.6 Å². The number of aromatic nitrogens is 2. The van der Waals surface area contributed by atoms with E-state index in [9.17, 15) is 9.59 Å². The predicted octanol–water partition coefficient (Wildman–Crippen LogP) is 7.03. The number of methoxy groups -OCH3 is 1. The smallest absolute Gasteiger partial charge is 0.318 e. The molecule has 1 saturated carbocycles. The second kappa shape index (κ2) is 13.1. The molecule has 3 aromatic rings. The highest BCUT2D eigenvalue weighted by atomic mass is 35.5. The van der Waals surface area contributed by atoms with Crippen LogP contribution in [0.3, 0.4) is 0 Å². The first-order chi connectivity index (χ1) is 18.4. The van der Waals surface area contributed by atoms with E-state index in [2.05, 4.69) is 12.2 Å². The van der Waals surface area contributed by atoms with Crippen LogP contribution in [0.2, 0.25) is 5.02 Å². The van der Waals surface area contributed by atoms with Gasteiger partial charge in [-0.15, -0.1) is 0 Å². The molecule has 1 atom stereocenters. The molecule has 0 aliphatic heterocycles. The SMILES string of the molecule is CCCCCCN(C(=O)NC1CCCCC1)C(C)c1nc2cc(Cl)ccc2c(=O)n1-c1ccc(OC)cc1. The summed E-state index contributed by atoms with van der Waals surface area (Å²) in [5.41, 5.74) is 0.991. The maximum atomic E-state index is 13.9. The molecule has 0 radical (unpaired) electrons. The van der Waals surface area contributed by atoms with E-state index in [4.69, 9.17) is 21.3 Å². The normalized spacial score (nSPS) is 14.8. The third kappa shape index (κ3) is 6.49. The average Bonchev–Trinajstić information content (AvgIpc) is 2.93. The molecule has 7 nitrogen and oxygen atoms in total. The largest absolute Gasteiger partial charge is 0.497 e. The summed E-state index contributed by atoms with van der Waals surface area (Å²) in [6.07, 6.45) is 9.69. The van der Waals surface area contributed by atoms with Crippen LogP contribution in [0.1, 0.15) is 83.5 Å². The van der Waals surface area contributed by atoms with Gasteiger partial charge in [-0.3, -0.25) is 9.36 Å². The summed E-state index contributed by atoms with van der Waals surface area (Å²) in [4.78, 5) is 34.3. The van der Waals surface area contributed by atoms with Gasteiger partial charge in [0.15, 0.2) is 0 Å². The van der Waals surface area contributed by atoms with Crippen molar-refractivity contribution in [2.24, 2.45) is 0 Å². The topological polar surface area (TPSA) is 76.5 Å². The van der Waals surface area contributed by atoms with Crippen LogP contribution in [0, 0.1) is 0 Å². The zero-order chi connectivity index (χ0) is 27.1. The molecule has 1 aromatic heterocycles. The molecular weight excluding hydrogens is 500 g/mol. The first kappa shape index (κ1) is 28.0. The van der Waals surface area contributed by atoms with Gasteiger partial charge in [-0.05, 0) is 68.7 Å². The number of nitrogens with one attached hydrogen (secondary N) is 1. The lowest BCUT2D eigenvalue weighted by atomic mass is 9.96. The maximum Gasteiger partial charge on any atom is 0.318 e. The number of benzene rings is 2. The van der Waals surface area contributed by atoms with Crippen molar-refractivity contribution in [1.29, 1.82) is 0 Å². The molecule has 2 amide bonds. The van der Waals surface area contributed by atoms with Gasteiger partial charge in [-0.2, -0.15) is 0 Å². The van der Waals surface area contributed by atoms with E-state index in [1.54, 1.807) is 29.9 Å². The molecular formula is C30H39ClN4O3. The molecule has 0 saturated heterocycles. The van der Waals surface area contributed by atoms with Crippen molar-refractivity contribution in [1.82, 2.24) is 19.8 Å². The van der Waals surface area contributed by atoms with Crippen LogP contribution in [-0.2, 0) is 0 Å². The Balaban J connectivity index is 1.78. The van der Waals surface area contributed by atoms with Crippen molar-refractivity contribution >= 4 is 28.5 Å². The Morgan fingerprint density at radius 2 is 1.87 bits per heavy atom. The molecule has 1 aliphatic carbocycles. The number of amides is 2. The van der Waals surface area contributed by atoms with Crippen LogP contribution in [-0.4, -0.2) is 40.2 Å². The number of ether oxygens (including phenoxy) is 1. The highest BCUT2D eigenvalue weighted by Crippen LogP contribution is 2.26. The van der Waals surface area contributed by atoms with E-state index in [0.29, 0.717) is 39.7 Å². The minimum Gasteiger partial charge on any atom is -0.497 e. The standard InChI is InChI=1S/C30H39ClN4O3/c1-4-5-6-10-19-34(30(37)32-23-11-8-7-9-12-23)21(2)28-33-27-20-22(31)13-18-26(27)29(36)35(28)24-14-16-25(38-3)17-15-24/h13-18,20-21,23H,4-12,19H2,1-3H3,(H,32,37). The number of fused-ring (bicyclic) bond motifs is 1. The molecule has 1 N–H and O–H groups in total. The van der Waals surface area contributed by atoms with Gasteiger partial charge < -0.3 is 15.0 Å².